The number of carbonyl (C=O) groups is 3. The van der Waals surface area contributed by atoms with Crippen LogP contribution < -0.4 is 4.90 Å². The van der Waals surface area contributed by atoms with E-state index in [0.29, 0.717) is 40.0 Å². The Morgan fingerprint density at radius 1 is 0.434 bits per heavy atom. The maximum absolute atomic E-state index is 13.3. The highest BCUT2D eigenvalue weighted by molar-refractivity contribution is 9.09. The molecule has 0 radical (unpaired) electrons. The van der Waals surface area contributed by atoms with Crippen LogP contribution in [-0.4, -0.2) is 68.4 Å². The van der Waals surface area contributed by atoms with Gasteiger partial charge in [-0.2, -0.15) is 55.3 Å². The van der Waals surface area contributed by atoms with Gasteiger partial charge in [0.15, 0.2) is 40.1 Å². The van der Waals surface area contributed by atoms with Gasteiger partial charge in [-0.3, -0.25) is 14.4 Å². The number of hydrogen-bond donors (Lipinski definition) is 3. The molecule has 0 amide bonds. The summed E-state index contributed by atoms with van der Waals surface area (Å²) in [6.45, 7) is 31.3. The molecule has 106 heavy (non-hydrogen) atoms. The van der Waals surface area contributed by atoms with Gasteiger partial charge in [0.25, 0.3) is 0 Å². The Morgan fingerprint density at radius 3 is 1.11 bits per heavy atom. The van der Waals surface area contributed by atoms with E-state index in [4.69, 9.17) is 31.6 Å². The summed E-state index contributed by atoms with van der Waals surface area (Å²) < 4.78 is 118. The van der Waals surface area contributed by atoms with Crippen molar-refractivity contribution in [1.29, 1.82) is 15.8 Å². The summed E-state index contributed by atoms with van der Waals surface area (Å²) >= 11 is 2.96. The highest BCUT2D eigenvalue weighted by atomic mass is 79.9. The minimum Gasteiger partial charge on any atom is -0.382 e. The molecule has 3 N–H and O–H groups in total. The maximum Gasteiger partial charge on any atom is 0.407 e. The number of benzene rings is 9. The third kappa shape index (κ3) is 23.0. The van der Waals surface area contributed by atoms with Crippen LogP contribution in [0.25, 0.3) is 52.8 Å². The van der Waals surface area contributed by atoms with Crippen LogP contribution >= 0.6 is 15.9 Å². The molecule has 3 atom stereocenters. The van der Waals surface area contributed by atoms with Crippen LogP contribution in [0.2, 0.25) is 0 Å². The number of halogens is 10. The van der Waals surface area contributed by atoms with Crippen LogP contribution in [0.1, 0.15) is 90.3 Å². The molecular formula is C82H66BrF9N8O6. The molecule has 9 aromatic rings. The fourth-order valence-electron chi connectivity index (χ4n) is 10.4. The number of nitrogens with zero attached hydrogens (tertiary/aromatic N) is 8. The number of alkyl halides is 10. The summed E-state index contributed by atoms with van der Waals surface area (Å²) in [5.41, 5.74) is -1.40. The molecule has 0 saturated carbocycles. The topological polar surface area (TPSA) is 204 Å². The molecular weight excluding hydrogens is 1440 g/mol. The fourth-order valence-corrected chi connectivity index (χ4v) is 10.7. The minimum absolute atomic E-state index is 0. The number of nitriles is 3. The Morgan fingerprint density at radius 2 is 0.764 bits per heavy atom. The Labute approximate surface area is 616 Å². The predicted molar refractivity (Wildman–Crippen MR) is 389 cm³/mol. The van der Waals surface area contributed by atoms with Crippen molar-refractivity contribution in [2.45, 2.75) is 95.6 Å². The van der Waals surface area contributed by atoms with Crippen LogP contribution in [0, 0.1) is 60.3 Å². The van der Waals surface area contributed by atoms with Gasteiger partial charge >= 0.3 is 18.5 Å². The number of hydrogen-bond acceptors (Lipinski definition) is 10. The van der Waals surface area contributed by atoms with Crippen molar-refractivity contribution in [3.8, 4) is 51.6 Å². The first-order valence-corrected chi connectivity index (χ1v) is 32.5. The lowest BCUT2D eigenvalue weighted by atomic mass is 9.88. The monoisotopic (exact) mass is 1510 g/mol. The number of carbonyl (C=O) groups excluding carboxylic acids is 3. The van der Waals surface area contributed by atoms with Crippen molar-refractivity contribution in [2.75, 3.05) is 23.8 Å². The van der Waals surface area contributed by atoms with Gasteiger partial charge in [-0.15, -0.1) is 0 Å². The second kappa shape index (κ2) is 36.9. The standard InChI is InChI=1S/C27H22F3N3O2.C27H21F3N2O2.C14H8N2.C13H11BrF3NO2.CH4/c1-26(35,25(34)14-18-9-12-24(32-2)23(13-18)27(28,29)30)17-33(3)21-11-10-20(16-31)22(15-21)19-7-5-4-6-8-19;1-26(34,25(33)16-19-9-11-24(32-2)23(15-19)27(28,29)30)13-12-18-8-10-21(17-31)22(14-18)20-6-4-3-5-7-20;1-16-13-8-7-12(10-15)14(9-13)11-5-3-2-4-6-11;1-12(20,7-14)11(19)6-8-3-4-10(18-2)9(5-8)13(15,16)17;/h4-13,15,35H,14,17H2,1,3H3;3-11,14-15,34H,12-13,16H2,1H3;2-9H;3-5,20H,6-7H2,1H3;1H4/t2*26-;;12-;/m00.0./s1. The number of likely N-dealkylation sites (N-methyl/N-ethyl adjacent to an activating group) is 1. The van der Waals surface area contributed by atoms with Crippen LogP contribution in [0.3, 0.4) is 0 Å². The lowest BCUT2D eigenvalue weighted by molar-refractivity contribution is -0.138. The van der Waals surface area contributed by atoms with Gasteiger partial charge in [0.05, 0.1) is 84.4 Å². The van der Waals surface area contributed by atoms with E-state index in [-0.39, 0.29) is 48.8 Å². The van der Waals surface area contributed by atoms with Gasteiger partial charge in [0.2, 0.25) is 0 Å². The van der Waals surface area contributed by atoms with Crippen molar-refractivity contribution in [2.24, 2.45) is 0 Å². The third-order valence-corrected chi connectivity index (χ3v) is 17.4. The van der Waals surface area contributed by atoms with Crippen molar-refractivity contribution in [1.82, 2.24) is 0 Å². The summed E-state index contributed by atoms with van der Waals surface area (Å²) in [5.74, 6) is -1.88. The van der Waals surface area contributed by atoms with Crippen LogP contribution in [-0.2, 0) is 58.6 Å². The van der Waals surface area contributed by atoms with Gasteiger partial charge in [-0.05, 0) is 120 Å². The lowest BCUT2D eigenvalue weighted by Gasteiger charge is -2.30. The molecule has 24 heteroatoms. The van der Waals surface area contributed by atoms with Crippen molar-refractivity contribution in [3.05, 3.63) is 301 Å². The largest absolute Gasteiger partial charge is 0.407 e. The zero-order chi connectivity index (χ0) is 77.7. The molecule has 0 fully saturated rings. The SMILES string of the molecule is C.[C-]#[N+]c1ccc(C#N)c(-c2ccccc2)c1.[C-]#[N+]c1ccc(CC(=O)[C@@](C)(O)CBr)cc1C(F)(F)F.[C-]#[N+]c1ccc(CC(=O)[C@@](C)(O)CCc2ccc(C#N)c(-c3ccccc3)c2)cc1C(F)(F)F.[C-]#[N+]c1ccc(CC(=O)[C@@](C)(O)CN(C)c2ccc(C#N)c(-c3ccccc3)c2)cc1C(F)(F)F. The van der Waals surface area contributed by atoms with E-state index in [9.17, 15) is 79.7 Å². The Balaban J connectivity index is 0.000000264. The highest BCUT2D eigenvalue weighted by Crippen LogP contribution is 2.41. The van der Waals surface area contributed by atoms with E-state index in [1.165, 1.54) is 39.0 Å². The van der Waals surface area contributed by atoms with Crippen LogP contribution in [0.5, 0.6) is 0 Å². The van der Waals surface area contributed by atoms with Gasteiger partial charge in [-0.1, -0.05) is 187 Å². The number of ketones is 3. The number of aryl methyl sites for hydroxylation is 1. The van der Waals surface area contributed by atoms with Crippen molar-refractivity contribution < 1.29 is 69.2 Å². The first-order chi connectivity index (χ1) is 49.5. The molecule has 0 unspecified atom stereocenters. The summed E-state index contributed by atoms with van der Waals surface area (Å²) in [4.78, 5) is 50.9. The first kappa shape index (κ1) is 84.6. The molecule has 0 heterocycles. The Hall–Kier alpha value is -12.1. The number of aliphatic hydroxyl groups is 3. The van der Waals surface area contributed by atoms with Crippen LogP contribution in [0.4, 0.5) is 68.0 Å². The Bertz CT molecular complexity index is 4960. The molecule has 540 valence electrons. The Kier molecular flexibility index (Phi) is 29.4. The zero-order valence-corrected chi connectivity index (χ0v) is 58.0. The predicted octanol–water partition coefficient (Wildman–Crippen LogP) is 20.0. The molecule has 14 nitrogen and oxygen atoms in total. The second-order valence-corrected chi connectivity index (χ2v) is 24.9. The van der Waals surface area contributed by atoms with Crippen molar-refractivity contribution >= 4 is 61.7 Å². The fraction of sp³-hybridized carbons (Fsp3) is 0.220. The molecule has 0 spiro atoms. The lowest BCUT2D eigenvalue weighted by Crippen LogP contribution is -2.46. The highest BCUT2D eigenvalue weighted by Gasteiger charge is 2.38. The first-order valence-electron chi connectivity index (χ1n) is 31.4. The van der Waals surface area contributed by atoms with E-state index in [0.717, 1.165) is 69.8 Å². The smallest absolute Gasteiger partial charge is 0.382 e. The molecule has 0 aliphatic rings. The zero-order valence-electron chi connectivity index (χ0n) is 56.4. The average Bonchev–Trinajstić information content (AvgIpc) is 0.826. The van der Waals surface area contributed by atoms with E-state index >= 15 is 0 Å². The van der Waals surface area contributed by atoms with E-state index < -0.39 is 99.3 Å². The number of Topliss-reactive ketones (excluding diaryl/α,β-unsaturated/α-hetero) is 3. The average molecular weight is 1510 g/mol. The molecule has 0 aliphatic heterocycles. The quantitative estimate of drug-likeness (QED) is 0.0397. The summed E-state index contributed by atoms with van der Waals surface area (Å²) in [7, 11) is 1.67. The maximum atomic E-state index is 13.3. The van der Waals surface area contributed by atoms with E-state index in [2.05, 4.69) is 53.5 Å². The van der Waals surface area contributed by atoms with Crippen LogP contribution in [0.15, 0.2) is 200 Å². The van der Waals surface area contributed by atoms with E-state index in [1.807, 2.05) is 97.1 Å². The molecule has 0 bridgehead atoms. The second-order valence-electron chi connectivity index (χ2n) is 24.4. The number of rotatable bonds is 19. The molecule has 9 rings (SSSR count). The van der Waals surface area contributed by atoms with Crippen molar-refractivity contribution in [3.63, 3.8) is 0 Å². The third-order valence-electron chi connectivity index (χ3n) is 16.3. The molecule has 0 saturated heterocycles. The molecule has 0 aliphatic carbocycles. The van der Waals surface area contributed by atoms with E-state index in [1.54, 1.807) is 60.5 Å². The summed E-state index contributed by atoms with van der Waals surface area (Å²) in [5, 5.41) is 59.3. The van der Waals surface area contributed by atoms with Gasteiger partial charge in [0.1, 0.15) is 16.8 Å². The molecule has 9 aromatic carbocycles. The van der Waals surface area contributed by atoms with Gasteiger partial charge < -0.3 is 20.2 Å². The van der Waals surface area contributed by atoms with Gasteiger partial charge in [-0.25, -0.2) is 19.4 Å². The minimum atomic E-state index is -4.73. The molecule has 0 aromatic heterocycles. The normalized spacial score (nSPS) is 12.5. The summed E-state index contributed by atoms with van der Waals surface area (Å²) in [6, 6.07) is 59.6. The van der Waals surface area contributed by atoms with Gasteiger partial charge in [0, 0.05) is 42.9 Å². The number of anilines is 1. The summed E-state index contributed by atoms with van der Waals surface area (Å²) in [6.07, 6.45) is -14.9.